The van der Waals surface area contributed by atoms with Crippen LogP contribution < -0.4 is 0 Å². The summed E-state index contributed by atoms with van der Waals surface area (Å²) < 4.78 is 0. The Bertz CT molecular complexity index is 448. The van der Waals surface area contributed by atoms with Crippen molar-refractivity contribution in [2.75, 3.05) is 0 Å². The standard InChI is InChI=1S/C13H11NO/c14-9-10-4-6-11(7-5-10)12-2-1-3-13(15)8-12/h4-8H,1-3H2. The largest absolute Gasteiger partial charge is 0.295 e. The number of hydrogen-bond acceptors (Lipinski definition) is 2. The van der Waals surface area contributed by atoms with Gasteiger partial charge in [-0.25, -0.2) is 0 Å². The molecule has 0 N–H and O–H groups in total. The summed E-state index contributed by atoms with van der Waals surface area (Å²) in [7, 11) is 0. The van der Waals surface area contributed by atoms with Crippen LogP contribution in [0.25, 0.3) is 5.57 Å². The minimum absolute atomic E-state index is 0.209. The highest BCUT2D eigenvalue weighted by Gasteiger charge is 2.11. The summed E-state index contributed by atoms with van der Waals surface area (Å²) in [6, 6.07) is 9.46. The minimum Gasteiger partial charge on any atom is -0.295 e. The monoisotopic (exact) mass is 197 g/mol. The van der Waals surface area contributed by atoms with E-state index in [0.717, 1.165) is 24.0 Å². The molecule has 0 saturated carbocycles. The lowest BCUT2D eigenvalue weighted by Crippen LogP contribution is -2.01. The molecule has 0 fully saturated rings. The van der Waals surface area contributed by atoms with E-state index in [9.17, 15) is 4.79 Å². The van der Waals surface area contributed by atoms with Crippen LogP contribution in [0, 0.1) is 11.3 Å². The maximum Gasteiger partial charge on any atom is 0.155 e. The van der Waals surface area contributed by atoms with Crippen LogP contribution in [0.4, 0.5) is 0 Å². The summed E-state index contributed by atoms with van der Waals surface area (Å²) >= 11 is 0. The molecule has 0 aliphatic heterocycles. The zero-order valence-corrected chi connectivity index (χ0v) is 8.36. The van der Waals surface area contributed by atoms with Crippen LogP contribution in [0.2, 0.25) is 0 Å². The Balaban J connectivity index is 2.30. The van der Waals surface area contributed by atoms with E-state index in [4.69, 9.17) is 5.26 Å². The Morgan fingerprint density at radius 2 is 1.87 bits per heavy atom. The Morgan fingerprint density at radius 3 is 2.47 bits per heavy atom. The van der Waals surface area contributed by atoms with Crippen LogP contribution in [-0.2, 0) is 4.79 Å². The molecule has 1 aromatic rings. The predicted molar refractivity (Wildman–Crippen MR) is 58.0 cm³/mol. The highest BCUT2D eigenvalue weighted by molar-refractivity contribution is 5.98. The zero-order valence-electron chi connectivity index (χ0n) is 8.36. The number of carbonyl (C=O) groups is 1. The predicted octanol–water partition coefficient (Wildman–Crippen LogP) is 2.69. The topological polar surface area (TPSA) is 40.9 Å². The SMILES string of the molecule is N#Cc1ccc(C2=CC(=O)CCC2)cc1. The molecular formula is C13H11NO. The van der Waals surface area contributed by atoms with Gasteiger partial charge in [-0.1, -0.05) is 12.1 Å². The van der Waals surface area contributed by atoms with E-state index >= 15 is 0 Å². The van der Waals surface area contributed by atoms with Gasteiger partial charge in [0.1, 0.15) is 0 Å². The van der Waals surface area contributed by atoms with Crippen LogP contribution in [0.1, 0.15) is 30.4 Å². The molecule has 0 radical (unpaired) electrons. The second-order valence-electron chi connectivity index (χ2n) is 3.68. The molecule has 1 aliphatic carbocycles. The fraction of sp³-hybridized carbons (Fsp3) is 0.231. The van der Waals surface area contributed by atoms with Crippen molar-refractivity contribution in [3.8, 4) is 6.07 Å². The minimum atomic E-state index is 0.209. The van der Waals surface area contributed by atoms with E-state index in [2.05, 4.69) is 6.07 Å². The number of rotatable bonds is 1. The van der Waals surface area contributed by atoms with Crippen LogP contribution in [0.15, 0.2) is 30.3 Å². The first-order valence-corrected chi connectivity index (χ1v) is 5.03. The summed E-state index contributed by atoms with van der Waals surface area (Å²) in [5.41, 5.74) is 2.80. The van der Waals surface area contributed by atoms with Gasteiger partial charge in [-0.15, -0.1) is 0 Å². The molecule has 0 spiro atoms. The average molecular weight is 197 g/mol. The van der Waals surface area contributed by atoms with E-state index in [1.165, 1.54) is 0 Å². The van der Waals surface area contributed by atoms with E-state index < -0.39 is 0 Å². The molecule has 0 aromatic heterocycles. The van der Waals surface area contributed by atoms with E-state index in [1.54, 1.807) is 18.2 Å². The van der Waals surface area contributed by atoms with Crippen LogP contribution in [0.5, 0.6) is 0 Å². The lowest BCUT2D eigenvalue weighted by Gasteiger charge is -2.11. The first kappa shape index (κ1) is 9.67. The van der Waals surface area contributed by atoms with Crippen LogP contribution >= 0.6 is 0 Å². The number of carbonyl (C=O) groups excluding carboxylic acids is 1. The number of ketones is 1. The molecular weight excluding hydrogens is 186 g/mol. The highest BCUT2D eigenvalue weighted by Crippen LogP contribution is 2.25. The van der Waals surface area contributed by atoms with Gasteiger partial charge >= 0.3 is 0 Å². The maximum absolute atomic E-state index is 11.2. The summed E-state index contributed by atoms with van der Waals surface area (Å²) in [6.45, 7) is 0. The number of nitrogens with zero attached hydrogens (tertiary/aromatic N) is 1. The first-order valence-electron chi connectivity index (χ1n) is 5.03. The van der Waals surface area contributed by atoms with Crippen molar-refractivity contribution in [1.82, 2.24) is 0 Å². The van der Waals surface area contributed by atoms with E-state index in [-0.39, 0.29) is 5.78 Å². The number of benzene rings is 1. The summed E-state index contributed by atoms with van der Waals surface area (Å²) in [4.78, 5) is 11.2. The molecule has 2 heteroatoms. The number of hydrogen-bond donors (Lipinski definition) is 0. The lowest BCUT2D eigenvalue weighted by atomic mass is 9.93. The van der Waals surface area contributed by atoms with Crippen LogP contribution in [0.3, 0.4) is 0 Å². The number of nitriles is 1. The molecule has 0 saturated heterocycles. The van der Waals surface area contributed by atoms with Crippen molar-refractivity contribution in [2.45, 2.75) is 19.3 Å². The Labute approximate surface area is 88.8 Å². The van der Waals surface area contributed by atoms with Gasteiger partial charge in [0.25, 0.3) is 0 Å². The van der Waals surface area contributed by atoms with Crippen molar-refractivity contribution in [1.29, 1.82) is 5.26 Å². The molecule has 0 unspecified atom stereocenters. The maximum atomic E-state index is 11.2. The Hall–Kier alpha value is -1.88. The van der Waals surface area contributed by atoms with Gasteiger partial charge in [0.15, 0.2) is 5.78 Å². The van der Waals surface area contributed by atoms with Gasteiger partial charge in [0.2, 0.25) is 0 Å². The summed E-state index contributed by atoms with van der Waals surface area (Å²) in [6.07, 6.45) is 4.28. The smallest absolute Gasteiger partial charge is 0.155 e. The summed E-state index contributed by atoms with van der Waals surface area (Å²) in [5.74, 6) is 0.209. The third-order valence-corrected chi connectivity index (χ3v) is 2.59. The van der Waals surface area contributed by atoms with Crippen molar-refractivity contribution < 1.29 is 4.79 Å². The molecule has 2 nitrogen and oxygen atoms in total. The van der Waals surface area contributed by atoms with Crippen molar-refractivity contribution in [3.05, 3.63) is 41.5 Å². The molecule has 0 bridgehead atoms. The third kappa shape index (κ3) is 2.13. The average Bonchev–Trinajstić information content (AvgIpc) is 2.29. The molecule has 0 amide bonds. The second-order valence-corrected chi connectivity index (χ2v) is 3.68. The molecule has 15 heavy (non-hydrogen) atoms. The lowest BCUT2D eigenvalue weighted by molar-refractivity contribution is -0.114. The molecule has 1 aliphatic rings. The highest BCUT2D eigenvalue weighted by atomic mass is 16.1. The first-order chi connectivity index (χ1) is 7.29. The quantitative estimate of drug-likeness (QED) is 0.694. The van der Waals surface area contributed by atoms with E-state index in [0.29, 0.717) is 12.0 Å². The van der Waals surface area contributed by atoms with Crippen molar-refractivity contribution in [2.24, 2.45) is 0 Å². The molecule has 1 aromatic carbocycles. The summed E-state index contributed by atoms with van der Waals surface area (Å²) in [5, 5.41) is 8.66. The molecule has 74 valence electrons. The van der Waals surface area contributed by atoms with Gasteiger partial charge < -0.3 is 0 Å². The van der Waals surface area contributed by atoms with Crippen molar-refractivity contribution >= 4 is 11.4 Å². The van der Waals surface area contributed by atoms with E-state index in [1.807, 2.05) is 12.1 Å². The molecule has 2 rings (SSSR count). The third-order valence-electron chi connectivity index (χ3n) is 2.59. The Kier molecular flexibility index (Phi) is 2.64. The van der Waals surface area contributed by atoms with Gasteiger partial charge in [0, 0.05) is 6.42 Å². The Morgan fingerprint density at radius 1 is 1.13 bits per heavy atom. The fourth-order valence-corrected chi connectivity index (χ4v) is 1.78. The van der Waals surface area contributed by atoms with Crippen molar-refractivity contribution in [3.63, 3.8) is 0 Å². The zero-order chi connectivity index (χ0) is 10.7. The van der Waals surface area contributed by atoms with Gasteiger partial charge in [-0.3, -0.25) is 4.79 Å². The molecule has 0 heterocycles. The van der Waals surface area contributed by atoms with Gasteiger partial charge in [-0.2, -0.15) is 5.26 Å². The number of allylic oxidation sites excluding steroid dienone is 2. The van der Waals surface area contributed by atoms with Gasteiger partial charge in [-0.05, 0) is 42.2 Å². The van der Waals surface area contributed by atoms with Crippen LogP contribution in [-0.4, -0.2) is 5.78 Å². The van der Waals surface area contributed by atoms with Gasteiger partial charge in [0.05, 0.1) is 11.6 Å². The normalized spacial score (nSPS) is 15.7. The molecule has 0 atom stereocenters. The second kappa shape index (κ2) is 4.10. The fourth-order valence-electron chi connectivity index (χ4n) is 1.78.